The highest BCUT2D eigenvalue weighted by Gasteiger charge is 2.38. The van der Waals surface area contributed by atoms with Crippen molar-refractivity contribution in [3.63, 3.8) is 0 Å². The summed E-state index contributed by atoms with van der Waals surface area (Å²) < 4.78 is 34.4. The van der Waals surface area contributed by atoms with Gasteiger partial charge in [-0.15, -0.1) is 0 Å². The van der Waals surface area contributed by atoms with Gasteiger partial charge in [-0.2, -0.15) is 0 Å². The van der Waals surface area contributed by atoms with E-state index in [0.717, 1.165) is 24.0 Å². The fourth-order valence-electron chi connectivity index (χ4n) is 5.77. The normalized spacial score (nSPS) is 17.5. The molecule has 4 N–H and O–H groups in total. The van der Waals surface area contributed by atoms with Crippen LogP contribution in [0.3, 0.4) is 0 Å². The lowest BCUT2D eigenvalue weighted by Crippen LogP contribution is -2.53. The molecule has 2 heterocycles. The molecule has 0 bridgehead atoms. The fraction of sp³-hybridized carbons (Fsp3) is 0.545. The van der Waals surface area contributed by atoms with Crippen molar-refractivity contribution in [2.75, 3.05) is 26.8 Å². The quantitative estimate of drug-likeness (QED) is 0.294. The van der Waals surface area contributed by atoms with E-state index in [2.05, 4.69) is 10.0 Å². The van der Waals surface area contributed by atoms with Crippen molar-refractivity contribution in [2.24, 2.45) is 5.73 Å². The highest BCUT2D eigenvalue weighted by atomic mass is 35.5. The van der Waals surface area contributed by atoms with Gasteiger partial charge in [0.1, 0.15) is 12.1 Å². The number of likely N-dealkylation sites (tertiary alicyclic amines) is 1. The molecule has 2 saturated heterocycles. The molecule has 254 valence electrons. The van der Waals surface area contributed by atoms with Crippen molar-refractivity contribution in [2.45, 2.75) is 89.3 Å². The van der Waals surface area contributed by atoms with E-state index in [1.165, 1.54) is 4.90 Å². The second-order valence-electron chi connectivity index (χ2n) is 11.3. The predicted molar refractivity (Wildman–Crippen MR) is 179 cm³/mol. The number of halogens is 1. The molecule has 0 saturated carbocycles. The van der Waals surface area contributed by atoms with Gasteiger partial charge in [0.2, 0.25) is 27.7 Å². The molecule has 2 aromatic rings. The first kappa shape index (κ1) is 37.4. The van der Waals surface area contributed by atoms with Crippen molar-refractivity contribution in [1.82, 2.24) is 19.8 Å². The number of hydrogen-bond acceptors (Lipinski definition) is 7. The second kappa shape index (κ2) is 18.3. The number of carbonyl (C=O) groups excluding carboxylic acids is 3. The minimum atomic E-state index is -3.96. The minimum absolute atomic E-state index is 0.0283. The second-order valence-corrected chi connectivity index (χ2v) is 13.5. The fourth-order valence-corrected chi connectivity index (χ4v) is 7.33. The summed E-state index contributed by atoms with van der Waals surface area (Å²) in [7, 11) is -2.23. The first-order valence-electron chi connectivity index (χ1n) is 16.0. The SMILES string of the molecule is CC.CN(C(=O)CC[C@@H](NS(=O)(=O)Cc1ccccc1)C(=O)N1CCC[C@H]1C(=O)NCc1cc(Cl)ccc1CN)C1CCOCC1. The number of ether oxygens (including phenoxy) is 1. The highest BCUT2D eigenvalue weighted by Crippen LogP contribution is 2.22. The molecule has 0 aromatic heterocycles. The van der Waals surface area contributed by atoms with Crippen molar-refractivity contribution in [1.29, 1.82) is 0 Å². The average molecular weight is 678 g/mol. The summed E-state index contributed by atoms with van der Waals surface area (Å²) in [6.07, 6.45) is 2.41. The zero-order valence-corrected chi connectivity index (χ0v) is 28.6. The van der Waals surface area contributed by atoms with Crippen LogP contribution in [-0.2, 0) is 48.0 Å². The maximum atomic E-state index is 13.9. The van der Waals surface area contributed by atoms with Crippen LogP contribution in [-0.4, -0.2) is 80.9 Å². The lowest BCUT2D eigenvalue weighted by atomic mass is 10.1. The third-order valence-electron chi connectivity index (χ3n) is 8.28. The number of amides is 3. The molecule has 2 atom stereocenters. The van der Waals surface area contributed by atoms with Crippen LogP contribution in [0.4, 0.5) is 0 Å². The number of nitrogens with one attached hydrogen (secondary N) is 2. The summed E-state index contributed by atoms with van der Waals surface area (Å²) in [5.41, 5.74) is 8.03. The Hall–Kier alpha value is -3.03. The molecule has 0 aliphatic carbocycles. The Kier molecular flexibility index (Phi) is 14.9. The largest absolute Gasteiger partial charge is 0.381 e. The van der Waals surface area contributed by atoms with Crippen molar-refractivity contribution in [3.8, 4) is 0 Å². The van der Waals surface area contributed by atoms with Crippen LogP contribution in [0.2, 0.25) is 5.02 Å². The number of sulfonamides is 1. The van der Waals surface area contributed by atoms with Gasteiger partial charge in [-0.25, -0.2) is 13.1 Å². The van der Waals surface area contributed by atoms with E-state index >= 15 is 0 Å². The number of nitrogens with two attached hydrogens (primary N) is 1. The van der Waals surface area contributed by atoms with E-state index in [-0.39, 0.29) is 49.5 Å². The molecule has 2 aliphatic rings. The summed E-state index contributed by atoms with van der Waals surface area (Å²) >= 11 is 6.14. The van der Waals surface area contributed by atoms with Crippen LogP contribution in [0.1, 0.15) is 69.1 Å². The Morgan fingerprint density at radius 3 is 2.43 bits per heavy atom. The molecule has 2 aromatic carbocycles. The zero-order valence-electron chi connectivity index (χ0n) is 27.0. The number of carbonyl (C=O) groups is 3. The third kappa shape index (κ3) is 10.8. The lowest BCUT2D eigenvalue weighted by molar-refractivity contribution is -0.140. The molecule has 11 nitrogen and oxygen atoms in total. The van der Waals surface area contributed by atoms with E-state index in [4.69, 9.17) is 22.1 Å². The topological polar surface area (TPSA) is 151 Å². The van der Waals surface area contributed by atoms with Gasteiger partial charge in [0, 0.05) is 57.4 Å². The number of hydrogen-bond donors (Lipinski definition) is 3. The molecule has 46 heavy (non-hydrogen) atoms. The maximum absolute atomic E-state index is 13.9. The average Bonchev–Trinajstić information content (AvgIpc) is 3.56. The van der Waals surface area contributed by atoms with Crippen molar-refractivity contribution < 1.29 is 27.5 Å². The van der Waals surface area contributed by atoms with Crippen LogP contribution in [0.25, 0.3) is 0 Å². The summed E-state index contributed by atoms with van der Waals surface area (Å²) in [6.45, 7) is 5.92. The van der Waals surface area contributed by atoms with Gasteiger partial charge >= 0.3 is 0 Å². The third-order valence-corrected chi connectivity index (χ3v) is 9.87. The molecule has 0 spiro atoms. The van der Waals surface area contributed by atoms with Crippen LogP contribution >= 0.6 is 11.6 Å². The molecule has 2 fully saturated rings. The standard InChI is InChI=1S/C31H42ClN5O6S.C2H6/c1-36(26-13-16-43-17-14-26)29(38)12-11-27(35-44(41,42)21-22-6-3-2-4-7-22)31(40)37-15-5-8-28(37)30(39)34-20-24-18-25(32)10-9-23(24)19-33;1-2/h2-4,6-7,9-10,18,26-28,35H,5,8,11-17,19-21,33H2,1H3,(H,34,39);1-2H3/t27-,28+;/m1./s1. The number of rotatable bonds is 13. The molecule has 3 amide bonds. The van der Waals surface area contributed by atoms with Gasteiger partial charge in [0.25, 0.3) is 0 Å². The number of nitrogens with zero attached hydrogens (tertiary/aromatic N) is 2. The van der Waals surface area contributed by atoms with Crippen molar-refractivity contribution in [3.05, 3.63) is 70.2 Å². The molecule has 2 aliphatic heterocycles. The van der Waals surface area contributed by atoms with E-state index in [1.807, 2.05) is 19.9 Å². The van der Waals surface area contributed by atoms with E-state index in [9.17, 15) is 22.8 Å². The molecule has 0 unspecified atom stereocenters. The first-order chi connectivity index (χ1) is 22.1. The van der Waals surface area contributed by atoms with Crippen LogP contribution in [0, 0.1) is 0 Å². The van der Waals surface area contributed by atoms with Gasteiger partial charge in [-0.05, 0) is 60.9 Å². The minimum Gasteiger partial charge on any atom is -0.381 e. The van der Waals surface area contributed by atoms with E-state index in [0.29, 0.717) is 43.2 Å². The molecular weight excluding hydrogens is 630 g/mol. The Balaban J connectivity index is 0.00000282. The van der Waals surface area contributed by atoms with Crippen LogP contribution < -0.4 is 15.8 Å². The summed E-state index contributed by atoms with van der Waals surface area (Å²) in [4.78, 5) is 43.5. The summed E-state index contributed by atoms with van der Waals surface area (Å²) in [5.74, 6) is -1.36. The van der Waals surface area contributed by atoms with Gasteiger partial charge in [0.15, 0.2) is 0 Å². The Morgan fingerprint density at radius 1 is 1.07 bits per heavy atom. The first-order valence-corrected chi connectivity index (χ1v) is 18.0. The molecular formula is C33H48ClN5O6S. The van der Waals surface area contributed by atoms with Gasteiger partial charge in [0.05, 0.1) is 5.75 Å². The molecule has 13 heteroatoms. The van der Waals surface area contributed by atoms with E-state index < -0.39 is 28.0 Å². The summed E-state index contributed by atoms with van der Waals surface area (Å²) in [6, 6.07) is 12.0. The summed E-state index contributed by atoms with van der Waals surface area (Å²) in [5, 5.41) is 3.41. The Labute approximate surface area is 278 Å². The lowest BCUT2D eigenvalue weighted by Gasteiger charge is -2.32. The van der Waals surface area contributed by atoms with E-state index in [1.54, 1.807) is 54.4 Å². The smallest absolute Gasteiger partial charge is 0.243 e. The highest BCUT2D eigenvalue weighted by molar-refractivity contribution is 7.88. The van der Waals surface area contributed by atoms with Crippen LogP contribution in [0.5, 0.6) is 0 Å². The van der Waals surface area contributed by atoms with Gasteiger partial charge in [-0.3, -0.25) is 14.4 Å². The zero-order chi connectivity index (χ0) is 33.7. The Bertz CT molecular complexity index is 1400. The number of benzene rings is 2. The van der Waals surface area contributed by atoms with Crippen molar-refractivity contribution >= 4 is 39.3 Å². The van der Waals surface area contributed by atoms with Crippen LogP contribution in [0.15, 0.2) is 48.5 Å². The van der Waals surface area contributed by atoms with Gasteiger partial charge < -0.3 is 25.6 Å². The van der Waals surface area contributed by atoms with Gasteiger partial charge in [-0.1, -0.05) is 61.8 Å². The maximum Gasteiger partial charge on any atom is 0.243 e. The molecule has 0 radical (unpaired) electrons. The predicted octanol–water partition coefficient (Wildman–Crippen LogP) is 3.34. The monoisotopic (exact) mass is 677 g/mol. The Morgan fingerprint density at radius 2 is 1.76 bits per heavy atom. The molecule has 4 rings (SSSR count).